The summed E-state index contributed by atoms with van der Waals surface area (Å²) >= 11 is 5.81. The van der Waals surface area contributed by atoms with Crippen LogP contribution in [0, 0.1) is 12.7 Å². The van der Waals surface area contributed by atoms with Crippen molar-refractivity contribution in [2.75, 3.05) is 39.8 Å². The Kier molecular flexibility index (Phi) is 8.64. The summed E-state index contributed by atoms with van der Waals surface area (Å²) in [6.45, 7) is 4.56. The smallest absolute Gasteiger partial charge is 0.246 e. The van der Waals surface area contributed by atoms with Crippen LogP contribution < -0.4 is 4.74 Å². The van der Waals surface area contributed by atoms with Crippen molar-refractivity contribution >= 4 is 21.6 Å². The Bertz CT molecular complexity index is 1280. The van der Waals surface area contributed by atoms with Crippen molar-refractivity contribution in [3.05, 3.63) is 94.3 Å². The predicted octanol–water partition coefficient (Wildman–Crippen LogP) is 5.06. The molecular weight excluding hydrogens is 503 g/mol. The Labute approximate surface area is 217 Å². The van der Waals surface area contributed by atoms with Crippen LogP contribution in [0.25, 0.3) is 0 Å². The molecule has 0 radical (unpaired) electrons. The lowest BCUT2D eigenvalue weighted by Crippen LogP contribution is -2.49. The van der Waals surface area contributed by atoms with E-state index in [1.54, 1.807) is 7.11 Å². The Morgan fingerprint density at radius 2 is 1.69 bits per heavy atom. The van der Waals surface area contributed by atoms with Gasteiger partial charge in [0.25, 0.3) is 0 Å². The maximum Gasteiger partial charge on any atom is 0.246 e. The lowest BCUT2D eigenvalue weighted by Gasteiger charge is -2.36. The number of benzene rings is 3. The van der Waals surface area contributed by atoms with Gasteiger partial charge in [-0.3, -0.25) is 4.90 Å². The Hall–Kier alpha value is -2.49. The molecule has 1 aliphatic rings. The molecule has 1 atom stereocenters. The zero-order valence-electron chi connectivity index (χ0n) is 20.4. The van der Waals surface area contributed by atoms with Crippen LogP contribution in [0.4, 0.5) is 4.39 Å². The fourth-order valence-electron chi connectivity index (χ4n) is 4.19. The molecule has 0 N–H and O–H groups in total. The summed E-state index contributed by atoms with van der Waals surface area (Å²) in [5.41, 5.74) is 3.25. The summed E-state index contributed by atoms with van der Waals surface area (Å²) in [4.78, 5) is 1.78. The highest BCUT2D eigenvalue weighted by atomic mass is 35.5. The van der Waals surface area contributed by atoms with E-state index < -0.39 is 15.8 Å². The molecule has 0 aliphatic carbocycles. The molecule has 0 saturated carbocycles. The molecule has 0 aromatic heterocycles. The third-order valence-electron chi connectivity index (χ3n) is 6.33. The van der Waals surface area contributed by atoms with Crippen LogP contribution in [0.1, 0.15) is 22.8 Å². The third-order valence-corrected chi connectivity index (χ3v) is 8.53. The first-order valence-corrected chi connectivity index (χ1v) is 13.6. The summed E-state index contributed by atoms with van der Waals surface area (Å²) in [6, 6.07) is 20.0. The topological polar surface area (TPSA) is 59.1 Å². The first-order chi connectivity index (χ1) is 17.3. The molecule has 0 spiro atoms. The van der Waals surface area contributed by atoms with Crippen molar-refractivity contribution in [1.82, 2.24) is 9.21 Å². The van der Waals surface area contributed by atoms with Crippen LogP contribution in [-0.4, -0.2) is 57.5 Å². The first-order valence-electron chi connectivity index (χ1n) is 11.8. The number of nitrogens with zero attached hydrogens (tertiary/aromatic N) is 2. The highest BCUT2D eigenvalue weighted by Gasteiger charge is 2.32. The van der Waals surface area contributed by atoms with Gasteiger partial charge in [0.2, 0.25) is 10.0 Å². The van der Waals surface area contributed by atoms with E-state index in [9.17, 15) is 12.8 Å². The highest BCUT2D eigenvalue weighted by molar-refractivity contribution is 7.89. The van der Waals surface area contributed by atoms with E-state index in [1.807, 2.05) is 31.2 Å². The van der Waals surface area contributed by atoms with Crippen molar-refractivity contribution < 1.29 is 22.3 Å². The summed E-state index contributed by atoms with van der Waals surface area (Å²) in [7, 11) is -2.35. The summed E-state index contributed by atoms with van der Waals surface area (Å²) in [5, 5.41) is -0.207. The number of sulfonamides is 1. The van der Waals surface area contributed by atoms with E-state index in [0.717, 1.165) is 16.9 Å². The molecule has 6 nitrogen and oxygen atoms in total. The first kappa shape index (κ1) is 26.6. The number of piperazine rings is 1. The minimum atomic E-state index is -3.98. The largest absolute Gasteiger partial charge is 0.497 e. The molecule has 3 aromatic carbocycles. The van der Waals surface area contributed by atoms with Crippen LogP contribution in [0.5, 0.6) is 5.75 Å². The standard InChI is InChI=1S/C27H30ClFN2O4S/c1-20-9-11-21(12-10-20)19-35-25(22-5-3-6-23(17-22)34-2)18-30-13-15-31(16-14-30)36(32,33)26-8-4-7-24(28)27(26)29/h3-12,17,25H,13-16,18-19H2,1-2H3/t25-/m1/s1. The van der Waals surface area contributed by atoms with Gasteiger partial charge in [-0.1, -0.05) is 59.6 Å². The van der Waals surface area contributed by atoms with Crippen molar-refractivity contribution in [2.24, 2.45) is 0 Å². The predicted molar refractivity (Wildman–Crippen MR) is 138 cm³/mol. The van der Waals surface area contributed by atoms with Crippen molar-refractivity contribution in [3.8, 4) is 5.75 Å². The van der Waals surface area contributed by atoms with E-state index in [1.165, 1.54) is 28.1 Å². The molecule has 1 aliphatic heterocycles. The SMILES string of the molecule is COc1cccc([C@@H](CN2CCN(S(=O)(=O)c3cccc(Cl)c3F)CC2)OCc2ccc(C)cc2)c1. The van der Waals surface area contributed by atoms with Crippen LogP contribution in [-0.2, 0) is 21.4 Å². The molecule has 0 bridgehead atoms. The fourth-order valence-corrected chi connectivity index (χ4v) is 5.93. The number of ether oxygens (including phenoxy) is 2. The second kappa shape index (κ2) is 11.7. The number of methoxy groups -OCH3 is 1. The molecule has 1 heterocycles. The van der Waals surface area contributed by atoms with Crippen molar-refractivity contribution in [1.29, 1.82) is 0 Å². The molecule has 4 rings (SSSR count). The van der Waals surface area contributed by atoms with Gasteiger partial charge in [-0.05, 0) is 42.3 Å². The highest BCUT2D eigenvalue weighted by Crippen LogP contribution is 2.28. The van der Waals surface area contributed by atoms with Gasteiger partial charge in [0, 0.05) is 32.7 Å². The normalized spacial score (nSPS) is 16.1. The molecule has 1 saturated heterocycles. The third kappa shape index (κ3) is 6.25. The summed E-state index contributed by atoms with van der Waals surface area (Å²) in [6.07, 6.45) is -0.241. The van der Waals surface area contributed by atoms with E-state index in [0.29, 0.717) is 26.2 Å². The molecule has 1 fully saturated rings. The maximum atomic E-state index is 14.4. The van der Waals surface area contributed by atoms with E-state index in [-0.39, 0.29) is 29.1 Å². The molecule has 0 amide bonds. The molecule has 0 unspecified atom stereocenters. The Balaban J connectivity index is 1.45. The van der Waals surface area contributed by atoms with Gasteiger partial charge in [-0.25, -0.2) is 12.8 Å². The molecule has 36 heavy (non-hydrogen) atoms. The lowest BCUT2D eigenvalue weighted by atomic mass is 10.1. The number of halogens is 2. The van der Waals surface area contributed by atoms with E-state index in [2.05, 4.69) is 29.2 Å². The average molecular weight is 533 g/mol. The fraction of sp³-hybridized carbons (Fsp3) is 0.333. The van der Waals surface area contributed by atoms with Gasteiger partial charge in [0.15, 0.2) is 5.82 Å². The number of hydrogen-bond acceptors (Lipinski definition) is 5. The van der Waals surface area contributed by atoms with Crippen molar-refractivity contribution in [3.63, 3.8) is 0 Å². The lowest BCUT2D eigenvalue weighted by molar-refractivity contribution is 0.00762. The van der Waals surface area contributed by atoms with Crippen LogP contribution in [0.2, 0.25) is 5.02 Å². The van der Waals surface area contributed by atoms with E-state index >= 15 is 0 Å². The van der Waals surface area contributed by atoms with Gasteiger partial charge in [-0.15, -0.1) is 0 Å². The van der Waals surface area contributed by atoms with Crippen molar-refractivity contribution in [2.45, 2.75) is 24.5 Å². The van der Waals surface area contributed by atoms with Gasteiger partial charge >= 0.3 is 0 Å². The zero-order chi connectivity index (χ0) is 25.7. The van der Waals surface area contributed by atoms with Gasteiger partial charge < -0.3 is 9.47 Å². The van der Waals surface area contributed by atoms with E-state index in [4.69, 9.17) is 21.1 Å². The number of rotatable bonds is 9. The van der Waals surface area contributed by atoms with Crippen LogP contribution >= 0.6 is 11.6 Å². The van der Waals surface area contributed by atoms with Gasteiger partial charge in [-0.2, -0.15) is 4.31 Å². The molecule has 192 valence electrons. The average Bonchev–Trinajstić information content (AvgIpc) is 2.89. The number of hydrogen-bond donors (Lipinski definition) is 0. The maximum absolute atomic E-state index is 14.4. The molecule has 3 aromatic rings. The van der Waals surface area contributed by atoms with Gasteiger partial charge in [0.1, 0.15) is 10.6 Å². The summed E-state index contributed by atoms with van der Waals surface area (Å²) < 4.78 is 53.6. The van der Waals surface area contributed by atoms with Crippen LogP contribution in [0.15, 0.2) is 71.6 Å². The Morgan fingerprint density at radius 3 is 2.39 bits per heavy atom. The minimum Gasteiger partial charge on any atom is -0.497 e. The quantitative estimate of drug-likeness (QED) is 0.385. The van der Waals surface area contributed by atoms with Crippen LogP contribution in [0.3, 0.4) is 0 Å². The molecule has 9 heteroatoms. The number of aryl methyl sites for hydroxylation is 1. The zero-order valence-corrected chi connectivity index (χ0v) is 21.9. The Morgan fingerprint density at radius 1 is 1.00 bits per heavy atom. The summed E-state index contributed by atoms with van der Waals surface area (Å²) in [5.74, 6) is -0.167. The second-order valence-corrected chi connectivity index (χ2v) is 11.1. The second-order valence-electron chi connectivity index (χ2n) is 8.82. The minimum absolute atomic E-state index is 0.207. The molecular formula is C27H30ClFN2O4S. The van der Waals surface area contributed by atoms with Gasteiger partial charge in [0.05, 0.1) is 24.8 Å². The monoisotopic (exact) mass is 532 g/mol.